The van der Waals surface area contributed by atoms with Crippen LogP contribution in [0.2, 0.25) is 0 Å². The number of halogens is 4. The Kier molecular flexibility index (Phi) is 5.84. The SMILES string of the molecule is FC(F)(F)Oc1cccc(CNC(=S)Nc2ccc(Br)cc2)c1. The molecule has 0 spiro atoms. The normalized spacial score (nSPS) is 11.0. The molecule has 0 fully saturated rings. The van der Waals surface area contributed by atoms with E-state index in [0.29, 0.717) is 10.7 Å². The molecule has 0 aromatic heterocycles. The molecule has 0 bridgehead atoms. The maximum Gasteiger partial charge on any atom is 0.573 e. The molecule has 2 rings (SSSR count). The third kappa shape index (κ3) is 6.45. The Balaban J connectivity index is 1.89. The zero-order valence-corrected chi connectivity index (χ0v) is 14.1. The van der Waals surface area contributed by atoms with Crippen LogP contribution in [0.3, 0.4) is 0 Å². The maximum absolute atomic E-state index is 12.2. The largest absolute Gasteiger partial charge is 0.573 e. The van der Waals surface area contributed by atoms with Crippen LogP contribution in [-0.2, 0) is 6.54 Å². The number of anilines is 1. The van der Waals surface area contributed by atoms with Gasteiger partial charge < -0.3 is 15.4 Å². The number of ether oxygens (including phenoxy) is 1. The fourth-order valence-electron chi connectivity index (χ4n) is 1.74. The van der Waals surface area contributed by atoms with E-state index in [1.807, 2.05) is 24.3 Å². The second kappa shape index (κ2) is 7.65. The summed E-state index contributed by atoms with van der Waals surface area (Å²) in [6.45, 7) is 0.275. The molecule has 0 atom stereocenters. The van der Waals surface area contributed by atoms with E-state index in [4.69, 9.17) is 12.2 Å². The van der Waals surface area contributed by atoms with Crippen LogP contribution < -0.4 is 15.4 Å². The van der Waals surface area contributed by atoms with E-state index < -0.39 is 6.36 Å². The summed E-state index contributed by atoms with van der Waals surface area (Å²) in [7, 11) is 0. The predicted molar refractivity (Wildman–Crippen MR) is 90.3 cm³/mol. The standard InChI is InChI=1S/C15H12BrF3N2OS/c16-11-4-6-12(7-5-11)21-14(23)20-9-10-2-1-3-13(8-10)22-15(17,18)19/h1-8H,9H2,(H2,20,21,23). The molecule has 23 heavy (non-hydrogen) atoms. The first-order chi connectivity index (χ1) is 10.8. The van der Waals surface area contributed by atoms with Gasteiger partial charge in [0.15, 0.2) is 5.11 Å². The fraction of sp³-hybridized carbons (Fsp3) is 0.133. The molecule has 122 valence electrons. The highest BCUT2D eigenvalue weighted by Gasteiger charge is 2.31. The summed E-state index contributed by atoms with van der Waals surface area (Å²) in [6, 6.07) is 13.1. The van der Waals surface area contributed by atoms with Crippen molar-refractivity contribution >= 4 is 38.9 Å². The average Bonchev–Trinajstić information content (AvgIpc) is 2.46. The van der Waals surface area contributed by atoms with Gasteiger partial charge in [0, 0.05) is 16.7 Å². The van der Waals surface area contributed by atoms with Gasteiger partial charge in [-0.25, -0.2) is 0 Å². The molecular weight excluding hydrogens is 393 g/mol. The Labute approximate surface area is 145 Å². The number of hydrogen-bond acceptors (Lipinski definition) is 2. The summed E-state index contributed by atoms with van der Waals surface area (Å²) in [4.78, 5) is 0. The Hall–Kier alpha value is -1.80. The van der Waals surface area contributed by atoms with E-state index >= 15 is 0 Å². The molecular formula is C15H12BrF3N2OS. The number of rotatable bonds is 4. The van der Waals surface area contributed by atoms with Gasteiger partial charge >= 0.3 is 6.36 Å². The van der Waals surface area contributed by atoms with E-state index in [1.54, 1.807) is 6.07 Å². The zero-order valence-electron chi connectivity index (χ0n) is 11.7. The molecule has 0 aliphatic rings. The molecule has 8 heteroatoms. The average molecular weight is 405 g/mol. The summed E-state index contributed by atoms with van der Waals surface area (Å²) >= 11 is 8.48. The van der Waals surface area contributed by atoms with Crippen LogP contribution in [-0.4, -0.2) is 11.5 Å². The molecule has 0 amide bonds. The van der Waals surface area contributed by atoms with Crippen LogP contribution in [0.1, 0.15) is 5.56 Å². The lowest BCUT2D eigenvalue weighted by Crippen LogP contribution is -2.27. The Morgan fingerprint density at radius 1 is 1.13 bits per heavy atom. The van der Waals surface area contributed by atoms with Gasteiger partial charge in [-0.05, 0) is 54.2 Å². The molecule has 2 aromatic carbocycles. The van der Waals surface area contributed by atoms with Crippen molar-refractivity contribution in [3.8, 4) is 5.75 Å². The van der Waals surface area contributed by atoms with Gasteiger partial charge in [0.05, 0.1) is 0 Å². The highest BCUT2D eigenvalue weighted by atomic mass is 79.9. The van der Waals surface area contributed by atoms with Crippen molar-refractivity contribution < 1.29 is 17.9 Å². The first kappa shape index (κ1) is 17.6. The fourth-order valence-corrected chi connectivity index (χ4v) is 2.20. The van der Waals surface area contributed by atoms with Crippen molar-refractivity contribution in [3.63, 3.8) is 0 Å². The van der Waals surface area contributed by atoms with E-state index in [-0.39, 0.29) is 12.3 Å². The summed E-state index contributed by atoms with van der Waals surface area (Å²) in [6.07, 6.45) is -4.70. The van der Waals surface area contributed by atoms with Gasteiger partial charge in [-0.1, -0.05) is 28.1 Å². The second-order valence-corrected chi connectivity index (χ2v) is 5.83. The summed E-state index contributed by atoms with van der Waals surface area (Å²) in [5.74, 6) is -0.261. The summed E-state index contributed by atoms with van der Waals surface area (Å²) < 4.78 is 41.4. The minimum Gasteiger partial charge on any atom is -0.406 e. The lowest BCUT2D eigenvalue weighted by atomic mass is 10.2. The predicted octanol–water partition coefficient (Wildman–Crippen LogP) is 4.83. The lowest BCUT2D eigenvalue weighted by molar-refractivity contribution is -0.274. The molecule has 0 saturated carbocycles. The van der Waals surface area contributed by atoms with Gasteiger partial charge in [0.2, 0.25) is 0 Å². The minimum atomic E-state index is -4.70. The van der Waals surface area contributed by atoms with Crippen molar-refractivity contribution in [1.29, 1.82) is 0 Å². The van der Waals surface area contributed by atoms with E-state index in [2.05, 4.69) is 31.3 Å². The van der Waals surface area contributed by atoms with Crippen molar-refractivity contribution in [1.82, 2.24) is 5.32 Å². The van der Waals surface area contributed by atoms with Gasteiger partial charge in [0.25, 0.3) is 0 Å². The molecule has 0 heterocycles. The van der Waals surface area contributed by atoms with Crippen LogP contribution in [0.4, 0.5) is 18.9 Å². The second-order valence-electron chi connectivity index (χ2n) is 4.51. The molecule has 0 aliphatic heterocycles. The third-order valence-corrected chi connectivity index (χ3v) is 3.46. The number of hydrogen-bond donors (Lipinski definition) is 2. The van der Waals surface area contributed by atoms with Gasteiger partial charge in [-0.3, -0.25) is 0 Å². The van der Waals surface area contributed by atoms with Crippen LogP contribution >= 0.6 is 28.1 Å². The number of benzene rings is 2. The van der Waals surface area contributed by atoms with Crippen LogP contribution in [0.25, 0.3) is 0 Å². The Morgan fingerprint density at radius 3 is 2.48 bits per heavy atom. The summed E-state index contributed by atoms with van der Waals surface area (Å²) in [5.41, 5.74) is 1.42. The van der Waals surface area contributed by atoms with Crippen molar-refractivity contribution in [3.05, 3.63) is 58.6 Å². The highest BCUT2D eigenvalue weighted by molar-refractivity contribution is 9.10. The summed E-state index contributed by atoms with van der Waals surface area (Å²) in [5, 5.41) is 6.27. The highest BCUT2D eigenvalue weighted by Crippen LogP contribution is 2.23. The molecule has 0 aliphatic carbocycles. The quantitative estimate of drug-likeness (QED) is 0.714. The molecule has 2 aromatic rings. The monoisotopic (exact) mass is 404 g/mol. The van der Waals surface area contributed by atoms with E-state index in [9.17, 15) is 13.2 Å². The zero-order chi connectivity index (χ0) is 16.9. The van der Waals surface area contributed by atoms with Gasteiger partial charge in [0.1, 0.15) is 5.75 Å². The number of thiocarbonyl (C=S) groups is 1. The van der Waals surface area contributed by atoms with Crippen LogP contribution in [0, 0.1) is 0 Å². The Bertz CT molecular complexity index is 677. The first-order valence-corrected chi connectivity index (χ1v) is 7.67. The van der Waals surface area contributed by atoms with Crippen molar-refractivity contribution in [2.45, 2.75) is 12.9 Å². The third-order valence-electron chi connectivity index (χ3n) is 2.69. The molecule has 0 radical (unpaired) electrons. The van der Waals surface area contributed by atoms with Crippen molar-refractivity contribution in [2.24, 2.45) is 0 Å². The number of nitrogens with one attached hydrogen (secondary N) is 2. The van der Waals surface area contributed by atoms with Gasteiger partial charge in [-0.2, -0.15) is 0 Å². The Morgan fingerprint density at radius 2 is 1.83 bits per heavy atom. The van der Waals surface area contributed by atoms with Crippen molar-refractivity contribution in [2.75, 3.05) is 5.32 Å². The maximum atomic E-state index is 12.2. The molecule has 3 nitrogen and oxygen atoms in total. The van der Waals surface area contributed by atoms with Crippen LogP contribution in [0.15, 0.2) is 53.0 Å². The van der Waals surface area contributed by atoms with Crippen LogP contribution in [0.5, 0.6) is 5.75 Å². The minimum absolute atomic E-state index is 0.261. The molecule has 2 N–H and O–H groups in total. The van der Waals surface area contributed by atoms with E-state index in [1.165, 1.54) is 18.2 Å². The van der Waals surface area contributed by atoms with Gasteiger partial charge in [-0.15, -0.1) is 13.2 Å². The molecule has 0 saturated heterocycles. The first-order valence-electron chi connectivity index (χ1n) is 6.47. The molecule has 0 unspecified atom stereocenters. The smallest absolute Gasteiger partial charge is 0.406 e. The lowest BCUT2D eigenvalue weighted by Gasteiger charge is -2.12. The number of alkyl halides is 3. The van der Waals surface area contributed by atoms with E-state index in [0.717, 1.165) is 10.2 Å². The topological polar surface area (TPSA) is 33.3 Å².